The Hall–Kier alpha value is -2.82. The highest BCUT2D eigenvalue weighted by Crippen LogP contribution is 2.29. The van der Waals surface area contributed by atoms with Crippen LogP contribution in [0, 0.1) is 5.82 Å². The molecule has 2 N–H and O–H groups in total. The van der Waals surface area contributed by atoms with Crippen LogP contribution in [0.15, 0.2) is 70.0 Å². The van der Waals surface area contributed by atoms with E-state index < -0.39 is 28.4 Å². The number of halogens is 3. The third kappa shape index (κ3) is 6.12. The SMILES string of the molecule is COc1ccc(NS(=O)(=O)c2ccc(OCC(=O)Nc3ccc(Br)cc3F)c(Cl)c2)cc1. The zero-order valence-corrected chi connectivity index (χ0v) is 19.7. The number of rotatable bonds is 8. The minimum Gasteiger partial charge on any atom is -0.497 e. The standard InChI is InChI=1S/C21H17BrClFN2O5S/c1-30-15-5-3-14(4-6-15)26-32(28,29)16-7-9-20(17(23)11-16)31-12-21(27)25-19-8-2-13(22)10-18(19)24/h2-11,26H,12H2,1H3,(H,25,27). The van der Waals surface area contributed by atoms with E-state index in [0.717, 1.165) is 0 Å². The lowest BCUT2D eigenvalue weighted by Gasteiger charge is -2.12. The van der Waals surface area contributed by atoms with Gasteiger partial charge in [0.15, 0.2) is 6.61 Å². The van der Waals surface area contributed by atoms with Crippen molar-refractivity contribution in [1.82, 2.24) is 0 Å². The zero-order chi connectivity index (χ0) is 23.3. The molecule has 0 saturated heterocycles. The van der Waals surface area contributed by atoms with Gasteiger partial charge in [-0.15, -0.1) is 0 Å². The van der Waals surface area contributed by atoms with E-state index in [2.05, 4.69) is 26.0 Å². The van der Waals surface area contributed by atoms with Gasteiger partial charge in [0.25, 0.3) is 15.9 Å². The van der Waals surface area contributed by atoms with E-state index in [1.165, 1.54) is 37.4 Å². The fourth-order valence-electron chi connectivity index (χ4n) is 2.56. The van der Waals surface area contributed by atoms with Gasteiger partial charge in [0.05, 0.1) is 22.7 Å². The van der Waals surface area contributed by atoms with Gasteiger partial charge >= 0.3 is 0 Å². The highest BCUT2D eigenvalue weighted by atomic mass is 79.9. The molecule has 168 valence electrons. The maximum absolute atomic E-state index is 13.8. The van der Waals surface area contributed by atoms with Crippen molar-refractivity contribution >= 4 is 54.8 Å². The van der Waals surface area contributed by atoms with Crippen LogP contribution in [0.1, 0.15) is 0 Å². The van der Waals surface area contributed by atoms with Crippen molar-refractivity contribution in [2.75, 3.05) is 23.8 Å². The predicted molar refractivity (Wildman–Crippen MR) is 123 cm³/mol. The van der Waals surface area contributed by atoms with Crippen molar-refractivity contribution in [3.63, 3.8) is 0 Å². The van der Waals surface area contributed by atoms with Gasteiger partial charge in [-0.1, -0.05) is 27.5 Å². The summed E-state index contributed by atoms with van der Waals surface area (Å²) in [6, 6.07) is 14.4. The highest BCUT2D eigenvalue weighted by molar-refractivity contribution is 9.10. The Labute approximate surface area is 197 Å². The first-order chi connectivity index (χ1) is 15.2. The predicted octanol–water partition coefficient (Wildman–Crippen LogP) is 5.07. The molecule has 0 bridgehead atoms. The monoisotopic (exact) mass is 542 g/mol. The van der Waals surface area contributed by atoms with Crippen molar-refractivity contribution in [2.45, 2.75) is 4.90 Å². The summed E-state index contributed by atoms with van der Waals surface area (Å²) in [6.45, 7) is -0.453. The van der Waals surface area contributed by atoms with E-state index in [1.54, 1.807) is 30.3 Å². The largest absolute Gasteiger partial charge is 0.497 e. The van der Waals surface area contributed by atoms with Crippen molar-refractivity contribution < 1.29 is 27.1 Å². The van der Waals surface area contributed by atoms with Gasteiger partial charge in [-0.3, -0.25) is 9.52 Å². The van der Waals surface area contributed by atoms with Crippen LogP contribution in [0.4, 0.5) is 15.8 Å². The van der Waals surface area contributed by atoms with Crippen LogP contribution in [-0.4, -0.2) is 28.0 Å². The van der Waals surface area contributed by atoms with Crippen LogP contribution < -0.4 is 19.5 Å². The quantitative estimate of drug-likeness (QED) is 0.414. The Balaban J connectivity index is 1.64. The lowest BCUT2D eigenvalue weighted by atomic mass is 10.3. The normalized spacial score (nSPS) is 11.0. The lowest BCUT2D eigenvalue weighted by molar-refractivity contribution is -0.118. The third-order valence-electron chi connectivity index (χ3n) is 4.12. The minimum atomic E-state index is -3.91. The van der Waals surface area contributed by atoms with E-state index >= 15 is 0 Å². The molecule has 0 heterocycles. The Morgan fingerprint density at radius 3 is 2.44 bits per heavy atom. The van der Waals surface area contributed by atoms with E-state index in [9.17, 15) is 17.6 Å². The molecule has 0 aliphatic rings. The third-order valence-corrected chi connectivity index (χ3v) is 6.29. The van der Waals surface area contributed by atoms with Gasteiger partial charge in [-0.05, 0) is 60.7 Å². The van der Waals surface area contributed by atoms with Crippen LogP contribution in [0.25, 0.3) is 0 Å². The van der Waals surface area contributed by atoms with Crippen molar-refractivity contribution in [2.24, 2.45) is 0 Å². The van der Waals surface area contributed by atoms with Gasteiger partial charge in [-0.2, -0.15) is 0 Å². The van der Waals surface area contributed by atoms with E-state index in [4.69, 9.17) is 21.1 Å². The number of carbonyl (C=O) groups excluding carboxylic acids is 1. The molecular weight excluding hydrogens is 527 g/mol. The molecule has 32 heavy (non-hydrogen) atoms. The van der Waals surface area contributed by atoms with Crippen LogP contribution in [0.3, 0.4) is 0 Å². The second-order valence-corrected chi connectivity index (χ2v) is 9.39. The van der Waals surface area contributed by atoms with Crippen LogP contribution in [-0.2, 0) is 14.8 Å². The van der Waals surface area contributed by atoms with E-state index in [0.29, 0.717) is 15.9 Å². The molecule has 0 spiro atoms. The van der Waals surface area contributed by atoms with Gasteiger partial charge < -0.3 is 14.8 Å². The van der Waals surface area contributed by atoms with Gasteiger partial charge in [-0.25, -0.2) is 12.8 Å². The molecule has 1 amide bonds. The molecule has 3 rings (SSSR count). The summed E-state index contributed by atoms with van der Waals surface area (Å²) in [5.74, 6) is -0.532. The number of carbonyl (C=O) groups is 1. The molecule has 0 aliphatic carbocycles. The molecule has 7 nitrogen and oxygen atoms in total. The molecule has 0 atom stereocenters. The average molecular weight is 544 g/mol. The van der Waals surface area contributed by atoms with Crippen LogP contribution in [0.2, 0.25) is 5.02 Å². The number of ether oxygens (including phenoxy) is 2. The number of anilines is 2. The molecule has 0 aliphatic heterocycles. The molecule has 11 heteroatoms. The maximum Gasteiger partial charge on any atom is 0.262 e. The number of amides is 1. The topological polar surface area (TPSA) is 93.7 Å². The summed E-state index contributed by atoms with van der Waals surface area (Å²) in [6.07, 6.45) is 0. The summed E-state index contributed by atoms with van der Waals surface area (Å²) in [5, 5.41) is 2.37. The Bertz CT molecular complexity index is 1240. The minimum absolute atomic E-state index is 0.000977. The Kier molecular flexibility index (Phi) is 7.60. The molecule has 0 radical (unpaired) electrons. The molecule has 0 fully saturated rings. The number of benzene rings is 3. The summed E-state index contributed by atoms with van der Waals surface area (Å²) < 4.78 is 52.4. The lowest BCUT2D eigenvalue weighted by Crippen LogP contribution is -2.21. The molecular formula is C21H17BrClFN2O5S. The number of methoxy groups -OCH3 is 1. The van der Waals surface area contributed by atoms with E-state index in [-0.39, 0.29) is 21.4 Å². The Morgan fingerprint density at radius 2 is 1.81 bits per heavy atom. The van der Waals surface area contributed by atoms with Crippen LogP contribution in [0.5, 0.6) is 11.5 Å². The summed E-state index contributed by atoms with van der Waals surface area (Å²) >= 11 is 9.26. The second-order valence-electron chi connectivity index (χ2n) is 6.39. The number of hydrogen-bond acceptors (Lipinski definition) is 5. The second kappa shape index (κ2) is 10.2. The number of sulfonamides is 1. The first-order valence-corrected chi connectivity index (χ1v) is 11.7. The van der Waals surface area contributed by atoms with E-state index in [1.807, 2.05) is 0 Å². The smallest absolute Gasteiger partial charge is 0.262 e. The zero-order valence-electron chi connectivity index (χ0n) is 16.6. The molecule has 3 aromatic carbocycles. The molecule has 0 unspecified atom stereocenters. The molecule has 0 saturated carbocycles. The molecule has 3 aromatic rings. The first-order valence-electron chi connectivity index (χ1n) is 9.02. The summed E-state index contributed by atoms with van der Waals surface area (Å²) in [5.41, 5.74) is 0.345. The fraction of sp³-hybridized carbons (Fsp3) is 0.0952. The average Bonchev–Trinajstić information content (AvgIpc) is 2.75. The van der Waals surface area contributed by atoms with Gasteiger partial charge in [0.1, 0.15) is 17.3 Å². The van der Waals surface area contributed by atoms with Crippen molar-refractivity contribution in [3.8, 4) is 11.5 Å². The van der Waals surface area contributed by atoms with Gasteiger partial charge in [0, 0.05) is 10.2 Å². The summed E-state index contributed by atoms with van der Waals surface area (Å²) in [7, 11) is -2.40. The van der Waals surface area contributed by atoms with Crippen molar-refractivity contribution in [3.05, 3.63) is 76.0 Å². The fourth-order valence-corrected chi connectivity index (χ4v) is 4.28. The number of hydrogen-bond donors (Lipinski definition) is 2. The Morgan fingerprint density at radius 1 is 1.09 bits per heavy atom. The maximum atomic E-state index is 13.8. The number of nitrogens with one attached hydrogen (secondary N) is 2. The first kappa shape index (κ1) is 23.8. The van der Waals surface area contributed by atoms with Crippen LogP contribution >= 0.6 is 27.5 Å². The highest BCUT2D eigenvalue weighted by Gasteiger charge is 2.17. The molecule has 0 aromatic heterocycles. The summed E-state index contributed by atoms with van der Waals surface area (Å²) in [4.78, 5) is 11.9. The van der Waals surface area contributed by atoms with Crippen molar-refractivity contribution in [1.29, 1.82) is 0 Å². The van der Waals surface area contributed by atoms with Gasteiger partial charge in [0.2, 0.25) is 0 Å².